The lowest BCUT2D eigenvalue weighted by Gasteiger charge is -2.29. The Labute approximate surface area is 181 Å². The number of fused-ring (bicyclic) bond motifs is 1. The van der Waals surface area contributed by atoms with Crippen LogP contribution in [0.3, 0.4) is 0 Å². The van der Waals surface area contributed by atoms with Crippen molar-refractivity contribution in [2.75, 3.05) is 17.8 Å². The zero-order valence-electron chi connectivity index (χ0n) is 16.5. The number of nitrogens with zero attached hydrogens (tertiary/aromatic N) is 1. The monoisotopic (exact) mass is 444 g/mol. The summed E-state index contributed by atoms with van der Waals surface area (Å²) in [6, 6.07) is 10.5. The highest BCUT2D eigenvalue weighted by Crippen LogP contribution is 2.37. The number of carbonyl (C=O) groups excluding carboxylic acids is 2. The molecule has 1 aromatic heterocycles. The Morgan fingerprint density at radius 1 is 1.23 bits per heavy atom. The first-order chi connectivity index (χ1) is 15.0. The highest BCUT2D eigenvalue weighted by Gasteiger charge is 2.28. The van der Waals surface area contributed by atoms with Crippen LogP contribution in [-0.2, 0) is 17.9 Å². The minimum atomic E-state index is -0.793. The van der Waals surface area contributed by atoms with E-state index in [2.05, 4.69) is 5.32 Å². The van der Waals surface area contributed by atoms with E-state index in [4.69, 9.17) is 9.15 Å². The maximum atomic E-state index is 14.4. The standard InChI is InChI=1S/C22H18F2N2O4S/c1-29-15-8-17(23)16(18(24)9-15)11-26-19-5-4-13(7-20(19)31-12-21(26)27)22(28)25-10-14-3-2-6-30-14/h2-9H,10-12H2,1H3,(H,25,28). The van der Waals surface area contributed by atoms with Gasteiger partial charge in [0.1, 0.15) is 23.1 Å². The van der Waals surface area contributed by atoms with Crippen LogP contribution in [0.4, 0.5) is 14.5 Å². The molecule has 0 fully saturated rings. The molecular weight excluding hydrogens is 426 g/mol. The maximum absolute atomic E-state index is 14.4. The molecule has 1 aliphatic heterocycles. The zero-order valence-corrected chi connectivity index (χ0v) is 17.3. The van der Waals surface area contributed by atoms with E-state index in [1.807, 2.05) is 0 Å². The largest absolute Gasteiger partial charge is 0.497 e. The maximum Gasteiger partial charge on any atom is 0.251 e. The molecule has 0 atom stereocenters. The second-order valence-corrected chi connectivity index (χ2v) is 7.80. The molecule has 1 N–H and O–H groups in total. The third-order valence-electron chi connectivity index (χ3n) is 4.83. The number of thioether (sulfide) groups is 1. The van der Waals surface area contributed by atoms with E-state index < -0.39 is 11.6 Å². The quantitative estimate of drug-likeness (QED) is 0.619. The summed E-state index contributed by atoms with van der Waals surface area (Å²) in [6.07, 6.45) is 1.52. The van der Waals surface area contributed by atoms with Crippen LogP contribution < -0.4 is 15.0 Å². The van der Waals surface area contributed by atoms with Crippen molar-refractivity contribution in [3.63, 3.8) is 0 Å². The normalized spacial score (nSPS) is 13.1. The molecule has 2 aromatic carbocycles. The number of ether oxygens (including phenoxy) is 1. The summed E-state index contributed by atoms with van der Waals surface area (Å²) < 4.78 is 38.9. The second-order valence-electron chi connectivity index (χ2n) is 6.78. The van der Waals surface area contributed by atoms with E-state index in [1.165, 1.54) is 30.0 Å². The third kappa shape index (κ3) is 4.41. The summed E-state index contributed by atoms with van der Waals surface area (Å²) in [5, 5.41) is 2.76. The summed E-state index contributed by atoms with van der Waals surface area (Å²) in [6.45, 7) is -0.0191. The van der Waals surface area contributed by atoms with E-state index in [-0.39, 0.29) is 42.0 Å². The van der Waals surface area contributed by atoms with Crippen molar-refractivity contribution in [1.29, 1.82) is 0 Å². The van der Waals surface area contributed by atoms with Crippen molar-refractivity contribution >= 4 is 29.3 Å². The van der Waals surface area contributed by atoms with Crippen molar-refractivity contribution in [3.8, 4) is 5.75 Å². The predicted molar refractivity (Wildman–Crippen MR) is 111 cm³/mol. The molecule has 160 valence electrons. The van der Waals surface area contributed by atoms with Gasteiger partial charge < -0.3 is 19.4 Å². The SMILES string of the molecule is COc1cc(F)c(CN2C(=O)CSc3cc(C(=O)NCc4ccco4)ccc32)c(F)c1. The molecule has 0 unspecified atom stereocenters. The summed E-state index contributed by atoms with van der Waals surface area (Å²) in [7, 11) is 1.32. The number of hydrogen-bond donors (Lipinski definition) is 1. The molecule has 6 nitrogen and oxygen atoms in total. The predicted octanol–water partition coefficient (Wildman–Crippen LogP) is 4.14. The van der Waals surface area contributed by atoms with Crippen LogP contribution in [0.2, 0.25) is 0 Å². The van der Waals surface area contributed by atoms with Gasteiger partial charge in [-0.25, -0.2) is 8.78 Å². The molecule has 1 aliphatic rings. The number of furan rings is 1. The Bertz CT molecular complexity index is 1110. The highest BCUT2D eigenvalue weighted by atomic mass is 32.2. The molecule has 0 spiro atoms. The molecule has 31 heavy (non-hydrogen) atoms. The van der Waals surface area contributed by atoms with E-state index in [0.29, 0.717) is 21.9 Å². The van der Waals surface area contributed by atoms with Gasteiger partial charge in [0.15, 0.2) is 0 Å². The summed E-state index contributed by atoms with van der Waals surface area (Å²) >= 11 is 1.28. The molecule has 0 aliphatic carbocycles. The van der Waals surface area contributed by atoms with Crippen LogP contribution in [0.25, 0.3) is 0 Å². The van der Waals surface area contributed by atoms with Crippen molar-refractivity contribution in [1.82, 2.24) is 5.32 Å². The zero-order chi connectivity index (χ0) is 22.0. The number of rotatable bonds is 6. The number of hydrogen-bond acceptors (Lipinski definition) is 5. The van der Waals surface area contributed by atoms with E-state index >= 15 is 0 Å². The fraction of sp³-hybridized carbons (Fsp3) is 0.182. The summed E-state index contributed by atoms with van der Waals surface area (Å²) in [4.78, 5) is 27.0. The molecule has 0 bridgehead atoms. The number of amides is 2. The van der Waals surface area contributed by atoms with Crippen LogP contribution in [0.5, 0.6) is 5.75 Å². The van der Waals surface area contributed by atoms with Crippen LogP contribution in [0.1, 0.15) is 21.7 Å². The van der Waals surface area contributed by atoms with Gasteiger partial charge in [-0.05, 0) is 30.3 Å². The Hall–Kier alpha value is -3.33. The number of methoxy groups -OCH3 is 1. The number of anilines is 1. The fourth-order valence-corrected chi connectivity index (χ4v) is 4.18. The van der Waals surface area contributed by atoms with Crippen LogP contribution >= 0.6 is 11.8 Å². The molecule has 0 saturated carbocycles. The molecule has 4 rings (SSSR count). The third-order valence-corrected chi connectivity index (χ3v) is 5.86. The van der Waals surface area contributed by atoms with Crippen LogP contribution in [-0.4, -0.2) is 24.7 Å². The summed E-state index contributed by atoms with van der Waals surface area (Å²) in [5.74, 6) is -1.37. The van der Waals surface area contributed by atoms with E-state index in [1.54, 1.807) is 30.3 Å². The highest BCUT2D eigenvalue weighted by molar-refractivity contribution is 8.00. The van der Waals surface area contributed by atoms with Crippen LogP contribution in [0, 0.1) is 11.6 Å². The minimum absolute atomic E-state index is 0.0601. The number of halogens is 2. The van der Waals surface area contributed by atoms with E-state index in [0.717, 1.165) is 12.1 Å². The van der Waals surface area contributed by atoms with Crippen LogP contribution in [0.15, 0.2) is 58.0 Å². The molecule has 0 radical (unpaired) electrons. The second kappa shape index (κ2) is 8.81. The topological polar surface area (TPSA) is 71.8 Å². The molecule has 2 amide bonds. The fourth-order valence-electron chi connectivity index (χ4n) is 3.21. The lowest BCUT2D eigenvalue weighted by molar-refractivity contribution is -0.116. The first-order valence-electron chi connectivity index (χ1n) is 9.36. The molecule has 0 saturated heterocycles. The minimum Gasteiger partial charge on any atom is -0.497 e. The average molecular weight is 444 g/mol. The lowest BCUT2D eigenvalue weighted by Crippen LogP contribution is -2.35. The van der Waals surface area contributed by atoms with Gasteiger partial charge in [-0.1, -0.05) is 0 Å². The number of benzene rings is 2. The van der Waals surface area contributed by atoms with Crippen molar-refractivity contribution in [2.24, 2.45) is 0 Å². The van der Waals surface area contributed by atoms with Crippen molar-refractivity contribution < 1.29 is 27.5 Å². The van der Waals surface area contributed by atoms with Gasteiger partial charge in [-0.15, -0.1) is 11.8 Å². The first-order valence-corrected chi connectivity index (χ1v) is 10.3. The van der Waals surface area contributed by atoms with Gasteiger partial charge >= 0.3 is 0 Å². The van der Waals surface area contributed by atoms with Gasteiger partial charge in [0, 0.05) is 28.2 Å². The Balaban J connectivity index is 1.56. The van der Waals surface area contributed by atoms with Gasteiger partial charge in [0.05, 0.1) is 37.9 Å². The number of nitrogens with one attached hydrogen (secondary N) is 1. The Morgan fingerprint density at radius 2 is 2.00 bits per heavy atom. The van der Waals surface area contributed by atoms with Gasteiger partial charge in [-0.3, -0.25) is 9.59 Å². The molecular formula is C22H18F2N2O4S. The Kier molecular flexibility index (Phi) is 5.94. The lowest BCUT2D eigenvalue weighted by atomic mass is 10.1. The Morgan fingerprint density at radius 3 is 2.68 bits per heavy atom. The van der Waals surface area contributed by atoms with Crippen molar-refractivity contribution in [2.45, 2.75) is 18.0 Å². The molecule has 9 heteroatoms. The average Bonchev–Trinajstić information content (AvgIpc) is 3.29. The summed E-state index contributed by atoms with van der Waals surface area (Å²) in [5.41, 5.74) is 0.680. The van der Waals surface area contributed by atoms with Crippen molar-refractivity contribution in [3.05, 3.63) is 77.2 Å². The first kappa shape index (κ1) is 20.9. The molecule has 2 heterocycles. The van der Waals surface area contributed by atoms with Gasteiger partial charge in [-0.2, -0.15) is 0 Å². The number of carbonyl (C=O) groups is 2. The van der Waals surface area contributed by atoms with Gasteiger partial charge in [0.2, 0.25) is 5.91 Å². The van der Waals surface area contributed by atoms with E-state index in [9.17, 15) is 18.4 Å². The smallest absolute Gasteiger partial charge is 0.251 e. The van der Waals surface area contributed by atoms with Gasteiger partial charge in [0.25, 0.3) is 5.91 Å². The molecule has 3 aromatic rings.